The van der Waals surface area contributed by atoms with Crippen LogP contribution in [-0.4, -0.2) is 0 Å². The fraction of sp³-hybridized carbons (Fsp3) is 0. The number of benzene rings is 20. The van der Waals surface area contributed by atoms with Crippen LogP contribution in [0, 0.1) is 0 Å². The lowest BCUT2D eigenvalue weighted by molar-refractivity contribution is 0.669. The molecule has 0 spiro atoms. The third kappa shape index (κ3) is 16.8. The molecule has 0 aliphatic rings. The molecule has 26 rings (SSSR count). The summed E-state index contributed by atoms with van der Waals surface area (Å²) in [5.41, 5.74) is 34.4. The first-order chi connectivity index (χ1) is 70.4. The lowest BCUT2D eigenvalue weighted by atomic mass is 10.0. The Bertz CT molecular complexity index is 8590. The van der Waals surface area contributed by atoms with Crippen LogP contribution in [0.4, 0.5) is 68.2 Å². The molecule has 0 amide bonds. The van der Waals surface area contributed by atoms with Crippen molar-refractivity contribution in [2.45, 2.75) is 0 Å². The van der Waals surface area contributed by atoms with Gasteiger partial charge in [-0.15, -0.1) is 34.0 Å². The highest BCUT2D eigenvalue weighted by Gasteiger charge is 2.24. The fourth-order valence-corrected chi connectivity index (χ4v) is 22.7. The number of para-hydroxylation sites is 8. The Labute approximate surface area is 835 Å². The van der Waals surface area contributed by atoms with E-state index in [1.54, 1.807) is 0 Å². The highest BCUT2D eigenvalue weighted by atomic mass is 32.1. The van der Waals surface area contributed by atoms with Crippen molar-refractivity contribution in [1.82, 2.24) is 0 Å². The topological polar surface area (TPSA) is 52.4 Å². The van der Waals surface area contributed by atoms with Crippen molar-refractivity contribution >= 4 is 168 Å². The Morgan fingerprint density at radius 3 is 0.521 bits per heavy atom. The van der Waals surface area contributed by atoms with E-state index in [2.05, 4.69) is 517 Å². The van der Waals surface area contributed by atoms with Crippen LogP contribution >= 0.6 is 34.0 Å². The van der Waals surface area contributed by atoms with E-state index in [0.29, 0.717) is 0 Å². The SMILES string of the molecule is c1ccc(-c2ccc(-c3ccc(N(c4ccc(-c5ccc(N(c6ccc(-c7ccc(-c8ccccc8)s7)cc6)c6ccc(-c7cccc8c7oc7ccccc78)cc6)cc5)cc4)c4ccc(-c5cccc6c5oc5ccccc56)cc4)cc3)s2)cc1.c1ccc(-c2ccc(-c3ccc(N(c4ccc(-c5cccc6c5oc5ccccc56)cc4)c4ccc(N(c5ccccc5)c5ccccc5)cc4)cc3)s2)cc1. The van der Waals surface area contributed by atoms with E-state index >= 15 is 0 Å². The van der Waals surface area contributed by atoms with Gasteiger partial charge in [-0.1, -0.05) is 334 Å². The standard InChI is InChI=1S/C80H52N2O2S2.C52H36N2OS/c1-3-13-57(14-4-1)75-49-51-77(85-75)59-33-45-65(46-34-59)81(63-41-29-55(30-42-63)67-19-11-21-71-69-17-7-9-23-73(69)83-79(67)71)61-37-25-53(26-38-61)54-27-39-62(40-28-54)82(66-47-35-60(36-48-66)78-52-50-76(86-78)58-15-5-2-6-16-58)64-43-31-56(32-44-64)68-20-12-22-72-70-18-8-10-24-74(70)84-80(68)72;1-4-13-38(14-5-1)50-35-36-51(56-50)39-25-29-43(30-26-39)54(45-33-31-44(32-34-45)53(40-15-6-2-7-16-40)41-17-8-3-9-18-41)42-27-23-37(24-28-42)46-20-12-21-48-47-19-10-11-22-49(47)55-52(46)48/h1-52H;1-36H. The number of anilines is 12. The van der Waals surface area contributed by atoms with Crippen LogP contribution in [0.15, 0.2) is 547 Å². The maximum atomic E-state index is 6.49. The fourth-order valence-electron chi connectivity index (χ4n) is 19.7. The molecule has 0 aliphatic heterocycles. The van der Waals surface area contributed by atoms with Crippen molar-refractivity contribution in [2.24, 2.45) is 0 Å². The van der Waals surface area contributed by atoms with Gasteiger partial charge >= 0.3 is 0 Å². The van der Waals surface area contributed by atoms with Gasteiger partial charge < -0.3 is 32.9 Å². The highest BCUT2D eigenvalue weighted by molar-refractivity contribution is 7.19. The summed E-state index contributed by atoms with van der Waals surface area (Å²) in [4.78, 5) is 16.8. The maximum absolute atomic E-state index is 6.49. The van der Waals surface area contributed by atoms with E-state index in [9.17, 15) is 0 Å². The van der Waals surface area contributed by atoms with Gasteiger partial charge in [0.25, 0.3) is 0 Å². The normalized spacial score (nSPS) is 11.4. The Kier molecular flexibility index (Phi) is 22.9. The van der Waals surface area contributed by atoms with Gasteiger partial charge in [-0.2, -0.15) is 0 Å². The van der Waals surface area contributed by atoms with Crippen LogP contribution in [0.5, 0.6) is 0 Å². The maximum Gasteiger partial charge on any atom is 0.143 e. The first kappa shape index (κ1) is 85.7. The third-order valence-electron chi connectivity index (χ3n) is 26.7. The quantitative estimate of drug-likeness (QED) is 0.0670. The van der Waals surface area contributed by atoms with Crippen LogP contribution in [0.3, 0.4) is 0 Å². The predicted molar refractivity (Wildman–Crippen MR) is 601 cm³/mol. The zero-order valence-electron chi connectivity index (χ0n) is 77.0. The Morgan fingerprint density at radius 1 is 0.120 bits per heavy atom. The van der Waals surface area contributed by atoms with Crippen molar-refractivity contribution in [2.75, 3.05) is 19.6 Å². The Balaban J connectivity index is 0.000000163. The van der Waals surface area contributed by atoms with Gasteiger partial charge in [0.15, 0.2) is 0 Å². The van der Waals surface area contributed by atoms with E-state index in [0.717, 1.165) is 179 Å². The smallest absolute Gasteiger partial charge is 0.143 e. The summed E-state index contributed by atoms with van der Waals surface area (Å²) >= 11 is 5.46. The molecule has 26 aromatic rings. The number of hydrogen-bond acceptors (Lipinski definition) is 10. The first-order valence-corrected chi connectivity index (χ1v) is 50.2. The molecule has 0 unspecified atom stereocenters. The summed E-state index contributed by atoms with van der Waals surface area (Å²) in [7, 11) is 0. The molecule has 0 fully saturated rings. The molecule has 10 heteroatoms. The minimum atomic E-state index is 0.895. The summed E-state index contributed by atoms with van der Waals surface area (Å²) < 4.78 is 19.4. The van der Waals surface area contributed by atoms with Crippen molar-refractivity contribution < 1.29 is 13.3 Å². The van der Waals surface area contributed by atoms with Crippen LogP contribution in [-0.2, 0) is 0 Å². The van der Waals surface area contributed by atoms with Gasteiger partial charge in [-0.25, -0.2) is 0 Å². The molecule has 0 saturated carbocycles. The molecule has 0 aliphatic carbocycles. The molecule has 0 radical (unpaired) electrons. The van der Waals surface area contributed by atoms with Crippen LogP contribution < -0.4 is 19.6 Å². The number of nitrogens with zero attached hydrogens (tertiary/aromatic N) is 4. The van der Waals surface area contributed by atoms with Crippen molar-refractivity contribution in [3.05, 3.63) is 534 Å². The minimum Gasteiger partial charge on any atom is -0.455 e. The van der Waals surface area contributed by atoms with Crippen molar-refractivity contribution in [1.29, 1.82) is 0 Å². The monoisotopic (exact) mass is 1870 g/mol. The zero-order chi connectivity index (χ0) is 94.2. The molecule has 6 aromatic heterocycles. The molecular weight excluding hydrogens is 1790 g/mol. The van der Waals surface area contributed by atoms with Crippen molar-refractivity contribution in [3.8, 4) is 107 Å². The summed E-state index contributed by atoms with van der Waals surface area (Å²) in [5, 5.41) is 6.76. The van der Waals surface area contributed by atoms with Gasteiger partial charge in [0.05, 0.1) is 0 Å². The number of fused-ring (bicyclic) bond motifs is 9. The van der Waals surface area contributed by atoms with Crippen LogP contribution in [0.2, 0.25) is 0 Å². The molecule has 0 saturated heterocycles. The molecule has 7 nitrogen and oxygen atoms in total. The van der Waals surface area contributed by atoms with E-state index in [4.69, 9.17) is 13.3 Å². The van der Waals surface area contributed by atoms with E-state index in [-0.39, 0.29) is 0 Å². The lowest BCUT2D eigenvalue weighted by Crippen LogP contribution is -2.12. The second-order valence-electron chi connectivity index (χ2n) is 35.3. The first-order valence-electron chi connectivity index (χ1n) is 47.8. The number of hydrogen-bond donors (Lipinski definition) is 0. The minimum absolute atomic E-state index is 0.895. The largest absolute Gasteiger partial charge is 0.455 e. The summed E-state index contributed by atoms with van der Waals surface area (Å²) in [5.74, 6) is 0. The van der Waals surface area contributed by atoms with Gasteiger partial charge in [-0.3, -0.25) is 0 Å². The summed E-state index contributed by atoms with van der Waals surface area (Å²) in [6, 6.07) is 191. The molecule has 0 N–H and O–H groups in total. The van der Waals surface area contributed by atoms with Crippen LogP contribution in [0.25, 0.3) is 173 Å². The number of rotatable bonds is 22. The van der Waals surface area contributed by atoms with Gasteiger partial charge in [0, 0.05) is 147 Å². The molecule has 20 aromatic carbocycles. The third-order valence-corrected chi connectivity index (χ3v) is 30.3. The van der Waals surface area contributed by atoms with Gasteiger partial charge in [0.2, 0.25) is 0 Å². The molecule has 0 bridgehead atoms. The highest BCUT2D eigenvalue weighted by Crippen LogP contribution is 2.49. The molecule has 672 valence electrons. The second kappa shape index (κ2) is 37.9. The van der Waals surface area contributed by atoms with E-state index in [1.165, 1.54) is 62.6 Å². The molecule has 142 heavy (non-hydrogen) atoms. The molecular formula is C132H88N4O3S3. The number of furan rings is 3. The second-order valence-corrected chi connectivity index (χ2v) is 38.6. The summed E-state index contributed by atoms with van der Waals surface area (Å²) in [6.07, 6.45) is 0. The average Bonchev–Trinajstić information content (AvgIpc) is 1.62. The zero-order valence-corrected chi connectivity index (χ0v) is 79.5. The van der Waals surface area contributed by atoms with Crippen molar-refractivity contribution in [3.63, 3.8) is 0 Å². The Hall–Kier alpha value is -17.9. The van der Waals surface area contributed by atoms with Gasteiger partial charge in [0.1, 0.15) is 33.5 Å². The van der Waals surface area contributed by atoms with Gasteiger partial charge in [-0.05, 0) is 261 Å². The predicted octanol–water partition coefficient (Wildman–Crippen LogP) is 39.8. The molecule has 0 atom stereocenters. The summed E-state index contributed by atoms with van der Waals surface area (Å²) in [6.45, 7) is 0. The average molecular weight is 1870 g/mol. The number of thiophene rings is 3. The van der Waals surface area contributed by atoms with E-state index in [1.807, 2.05) is 70.4 Å². The Morgan fingerprint density at radius 2 is 0.289 bits per heavy atom. The lowest BCUT2D eigenvalue weighted by Gasteiger charge is -2.28. The molecule has 6 heterocycles. The van der Waals surface area contributed by atoms with E-state index < -0.39 is 0 Å². The van der Waals surface area contributed by atoms with Crippen LogP contribution in [0.1, 0.15) is 0 Å².